The largest absolute Gasteiger partial charge is 0.484 e. The molecule has 0 bridgehead atoms. The third-order valence-corrected chi connectivity index (χ3v) is 6.95. The van der Waals surface area contributed by atoms with E-state index >= 15 is 0 Å². The number of halogens is 1. The normalized spacial score (nSPS) is 16.3. The molecule has 0 radical (unpaired) electrons. The van der Waals surface area contributed by atoms with Crippen molar-refractivity contribution in [2.24, 2.45) is 0 Å². The number of benzene rings is 3. The van der Waals surface area contributed by atoms with E-state index in [4.69, 9.17) is 4.74 Å². The summed E-state index contributed by atoms with van der Waals surface area (Å²) in [5.41, 5.74) is 3.30. The summed E-state index contributed by atoms with van der Waals surface area (Å²) in [7, 11) is 2.06. The number of hydrogen-bond acceptors (Lipinski definition) is 4. The number of anilines is 1. The lowest BCUT2D eigenvalue weighted by Crippen LogP contribution is -2.50. The summed E-state index contributed by atoms with van der Waals surface area (Å²) in [6, 6.07) is 25.8. The quantitative estimate of drug-likeness (QED) is 0.382. The molecule has 1 aliphatic rings. The molecule has 3 aromatic carbocycles. The van der Waals surface area contributed by atoms with E-state index in [-0.39, 0.29) is 17.5 Å². The Labute approximate surface area is 203 Å². The smallest absolute Gasteiger partial charge is 0.143 e. The van der Waals surface area contributed by atoms with Crippen LogP contribution >= 0.6 is 0 Å². The highest BCUT2D eigenvalue weighted by atomic mass is 19.1. The minimum Gasteiger partial charge on any atom is -0.484 e. The van der Waals surface area contributed by atoms with Gasteiger partial charge in [0.15, 0.2) is 0 Å². The molecule has 4 rings (SSSR count). The molecule has 0 spiro atoms. The Kier molecular flexibility index (Phi) is 8.20. The average molecular weight is 462 g/mol. The predicted molar refractivity (Wildman–Crippen MR) is 138 cm³/mol. The summed E-state index contributed by atoms with van der Waals surface area (Å²) in [4.78, 5) is 2.42. The van der Waals surface area contributed by atoms with Gasteiger partial charge in [-0.15, -0.1) is 0 Å². The van der Waals surface area contributed by atoms with Crippen molar-refractivity contribution in [1.29, 1.82) is 0 Å². The van der Waals surface area contributed by atoms with E-state index in [1.165, 1.54) is 11.6 Å². The molecule has 1 aliphatic heterocycles. The molecule has 1 atom stereocenters. The molecule has 34 heavy (non-hydrogen) atoms. The van der Waals surface area contributed by atoms with Gasteiger partial charge in [0.25, 0.3) is 0 Å². The van der Waals surface area contributed by atoms with Crippen LogP contribution < -0.4 is 20.3 Å². The van der Waals surface area contributed by atoms with Crippen molar-refractivity contribution in [2.75, 3.05) is 38.1 Å². The van der Waals surface area contributed by atoms with Crippen molar-refractivity contribution in [2.45, 2.75) is 37.8 Å². The number of nitrogens with one attached hydrogen (secondary N) is 2. The van der Waals surface area contributed by atoms with Crippen LogP contribution in [0, 0.1) is 5.82 Å². The van der Waals surface area contributed by atoms with Gasteiger partial charge in [-0.05, 0) is 68.4 Å². The van der Waals surface area contributed by atoms with Crippen molar-refractivity contribution in [3.05, 3.63) is 95.8 Å². The molecule has 0 saturated carbocycles. The van der Waals surface area contributed by atoms with Crippen LogP contribution in [-0.2, 0) is 5.54 Å². The Bertz CT molecular complexity index is 1030. The maximum absolute atomic E-state index is 14.0. The Morgan fingerprint density at radius 2 is 1.71 bits per heavy atom. The number of ether oxygens (including phenoxy) is 1. The van der Waals surface area contributed by atoms with Gasteiger partial charge >= 0.3 is 0 Å². The van der Waals surface area contributed by atoms with Crippen molar-refractivity contribution in [3.63, 3.8) is 0 Å². The summed E-state index contributed by atoms with van der Waals surface area (Å²) >= 11 is 0. The first kappa shape index (κ1) is 24.2. The van der Waals surface area contributed by atoms with Crippen molar-refractivity contribution >= 4 is 5.69 Å². The Balaban J connectivity index is 1.53. The van der Waals surface area contributed by atoms with Crippen LogP contribution in [-0.4, -0.2) is 33.2 Å². The van der Waals surface area contributed by atoms with Crippen LogP contribution in [0.3, 0.4) is 0 Å². The Morgan fingerprint density at radius 3 is 2.41 bits per heavy atom. The van der Waals surface area contributed by atoms with Gasteiger partial charge < -0.3 is 20.3 Å². The molecule has 1 heterocycles. The second-order valence-electron chi connectivity index (χ2n) is 8.96. The number of piperidine rings is 1. The second-order valence-corrected chi connectivity index (χ2v) is 8.96. The van der Waals surface area contributed by atoms with Gasteiger partial charge in [0.1, 0.15) is 17.7 Å². The van der Waals surface area contributed by atoms with Gasteiger partial charge in [-0.2, -0.15) is 0 Å². The zero-order valence-electron chi connectivity index (χ0n) is 20.3. The lowest BCUT2D eigenvalue weighted by molar-refractivity contribution is 0.193. The van der Waals surface area contributed by atoms with Gasteiger partial charge in [0.05, 0.1) is 5.69 Å². The lowest BCUT2D eigenvalue weighted by atomic mass is 9.81. The van der Waals surface area contributed by atoms with Crippen LogP contribution in [0.25, 0.3) is 0 Å². The van der Waals surface area contributed by atoms with E-state index in [2.05, 4.69) is 72.0 Å². The fourth-order valence-corrected chi connectivity index (χ4v) is 4.95. The third-order valence-electron chi connectivity index (χ3n) is 6.95. The van der Waals surface area contributed by atoms with Crippen LogP contribution in [0.1, 0.15) is 43.4 Å². The zero-order valence-corrected chi connectivity index (χ0v) is 20.3. The van der Waals surface area contributed by atoms with Gasteiger partial charge in [-0.3, -0.25) is 0 Å². The fourth-order valence-electron chi connectivity index (χ4n) is 4.95. The summed E-state index contributed by atoms with van der Waals surface area (Å²) in [5.74, 6) is 0.619. The first-order valence-corrected chi connectivity index (χ1v) is 12.4. The molecule has 3 aromatic rings. The fraction of sp³-hybridized carbons (Fsp3) is 0.379. The standard InChI is InChI=1S/C29H36FN3O/c1-3-32-19-16-27(23-10-9-13-25(30)22-23)34-28-15-8-7-14-26(28)33-20-17-29(31-2,18-21-33)24-11-5-4-6-12-24/h4-15,22,27,31-32H,3,16-21H2,1-2H3/t27-/m0/s1. The molecular formula is C29H36FN3O. The summed E-state index contributed by atoms with van der Waals surface area (Å²) in [6.07, 6.45) is 2.56. The van der Waals surface area contributed by atoms with E-state index in [9.17, 15) is 4.39 Å². The van der Waals surface area contributed by atoms with Gasteiger partial charge in [0.2, 0.25) is 0 Å². The lowest BCUT2D eigenvalue weighted by Gasteiger charge is -2.43. The topological polar surface area (TPSA) is 36.5 Å². The summed E-state index contributed by atoms with van der Waals surface area (Å²) in [5, 5.41) is 6.97. The maximum atomic E-state index is 14.0. The van der Waals surface area contributed by atoms with E-state index in [1.54, 1.807) is 12.1 Å². The van der Waals surface area contributed by atoms with E-state index in [0.29, 0.717) is 0 Å². The molecule has 0 amide bonds. The SMILES string of the molecule is CCNCC[C@H](Oc1ccccc1N1CCC(NC)(c2ccccc2)CC1)c1cccc(F)c1. The van der Waals surface area contributed by atoms with Gasteiger partial charge in [-0.25, -0.2) is 4.39 Å². The first-order valence-electron chi connectivity index (χ1n) is 12.4. The molecular weight excluding hydrogens is 425 g/mol. The zero-order chi connectivity index (χ0) is 23.8. The molecule has 4 nitrogen and oxygen atoms in total. The third kappa shape index (κ3) is 5.60. The van der Waals surface area contributed by atoms with Crippen LogP contribution in [0.15, 0.2) is 78.9 Å². The highest BCUT2D eigenvalue weighted by Gasteiger charge is 2.35. The average Bonchev–Trinajstić information content (AvgIpc) is 2.89. The summed E-state index contributed by atoms with van der Waals surface area (Å²) in [6.45, 7) is 5.65. The highest BCUT2D eigenvalue weighted by Crippen LogP contribution is 2.38. The van der Waals surface area contributed by atoms with Crippen LogP contribution in [0.5, 0.6) is 5.75 Å². The molecule has 5 heteroatoms. The first-order chi connectivity index (χ1) is 16.6. The molecule has 1 fully saturated rings. The molecule has 0 aliphatic carbocycles. The molecule has 180 valence electrons. The Morgan fingerprint density at radius 1 is 0.971 bits per heavy atom. The van der Waals surface area contributed by atoms with Gasteiger partial charge in [0, 0.05) is 25.0 Å². The molecule has 0 unspecified atom stereocenters. The predicted octanol–water partition coefficient (Wildman–Crippen LogP) is 5.66. The molecule has 0 aromatic heterocycles. The van der Waals surface area contributed by atoms with Crippen LogP contribution in [0.4, 0.5) is 10.1 Å². The number of para-hydroxylation sites is 2. The van der Waals surface area contributed by atoms with Gasteiger partial charge in [-0.1, -0.05) is 61.5 Å². The van der Waals surface area contributed by atoms with Crippen molar-refractivity contribution in [3.8, 4) is 5.75 Å². The maximum Gasteiger partial charge on any atom is 0.143 e. The van der Waals surface area contributed by atoms with E-state index in [0.717, 1.165) is 62.4 Å². The van der Waals surface area contributed by atoms with E-state index < -0.39 is 0 Å². The number of rotatable bonds is 10. The van der Waals surface area contributed by atoms with E-state index in [1.807, 2.05) is 18.2 Å². The van der Waals surface area contributed by atoms with Crippen molar-refractivity contribution < 1.29 is 9.13 Å². The highest BCUT2D eigenvalue weighted by molar-refractivity contribution is 5.59. The Hall–Kier alpha value is -2.89. The number of hydrogen-bond donors (Lipinski definition) is 2. The van der Waals surface area contributed by atoms with Crippen LogP contribution in [0.2, 0.25) is 0 Å². The minimum atomic E-state index is -0.233. The monoisotopic (exact) mass is 461 g/mol. The molecule has 1 saturated heterocycles. The minimum absolute atomic E-state index is 0.0104. The molecule has 2 N–H and O–H groups in total. The summed E-state index contributed by atoms with van der Waals surface area (Å²) < 4.78 is 20.6. The second kappa shape index (κ2) is 11.5. The number of nitrogens with zero attached hydrogens (tertiary/aromatic N) is 1. The van der Waals surface area contributed by atoms with Crippen molar-refractivity contribution in [1.82, 2.24) is 10.6 Å².